The molecule has 0 saturated heterocycles. The summed E-state index contributed by atoms with van der Waals surface area (Å²) in [5.74, 6) is -0.157. The topological polar surface area (TPSA) is 104 Å². The van der Waals surface area contributed by atoms with Gasteiger partial charge in [0.25, 0.3) is 5.91 Å². The van der Waals surface area contributed by atoms with Crippen LogP contribution < -0.4 is 10.1 Å². The number of aromatic amines is 1. The minimum Gasteiger partial charge on any atom is -0.463 e. The van der Waals surface area contributed by atoms with Gasteiger partial charge in [0.2, 0.25) is 5.95 Å². The summed E-state index contributed by atoms with van der Waals surface area (Å²) in [6.07, 6.45) is 2.95. The van der Waals surface area contributed by atoms with E-state index in [0.717, 1.165) is 5.56 Å². The number of rotatable bonds is 5. The molecule has 1 heterocycles. The monoisotopic (exact) mass is 283 g/mol. The van der Waals surface area contributed by atoms with Gasteiger partial charge in [-0.15, -0.1) is 5.10 Å². The van der Waals surface area contributed by atoms with Crippen LogP contribution in [0.4, 0.5) is 5.95 Å². The third kappa shape index (κ3) is 4.18. The Bertz CT molecular complexity index is 699. The van der Waals surface area contributed by atoms with E-state index in [2.05, 4.69) is 20.5 Å². The molecule has 0 aliphatic heterocycles. The number of anilines is 1. The fraction of sp³-hybridized carbons (Fsp3) is 0.143. The van der Waals surface area contributed by atoms with Crippen LogP contribution in [-0.2, 0) is 4.79 Å². The lowest BCUT2D eigenvalue weighted by atomic mass is 10.1. The molecule has 0 aliphatic carbocycles. The number of nitriles is 1. The molecule has 1 aromatic carbocycles. The number of carbonyl (C=O) groups excluding carboxylic acids is 1. The van der Waals surface area contributed by atoms with E-state index in [9.17, 15) is 4.79 Å². The van der Waals surface area contributed by atoms with Crippen LogP contribution in [0, 0.1) is 11.3 Å². The summed E-state index contributed by atoms with van der Waals surface area (Å²) in [5, 5.41) is 17.6. The van der Waals surface area contributed by atoms with E-state index < -0.39 is 0 Å². The van der Waals surface area contributed by atoms with Crippen molar-refractivity contribution in [3.05, 3.63) is 41.5 Å². The molecular weight excluding hydrogens is 270 g/mol. The Morgan fingerprint density at radius 1 is 1.57 bits per heavy atom. The van der Waals surface area contributed by atoms with Crippen LogP contribution in [0.15, 0.2) is 30.3 Å². The van der Waals surface area contributed by atoms with Crippen LogP contribution >= 0.6 is 0 Å². The van der Waals surface area contributed by atoms with E-state index >= 15 is 0 Å². The van der Waals surface area contributed by atoms with Crippen molar-refractivity contribution in [2.75, 3.05) is 11.9 Å². The van der Waals surface area contributed by atoms with Crippen LogP contribution in [0.3, 0.4) is 0 Å². The number of aromatic nitrogens is 3. The van der Waals surface area contributed by atoms with Gasteiger partial charge in [-0.1, -0.05) is 12.1 Å². The number of ether oxygens (including phenoxy) is 1. The second-order valence-electron chi connectivity index (χ2n) is 3.96. The van der Waals surface area contributed by atoms with Gasteiger partial charge in [-0.3, -0.25) is 10.1 Å². The molecular formula is C14H13N5O2. The van der Waals surface area contributed by atoms with Gasteiger partial charge >= 0.3 is 6.01 Å². The maximum Gasteiger partial charge on any atom is 0.337 e. The van der Waals surface area contributed by atoms with Crippen molar-refractivity contribution in [3.8, 4) is 12.1 Å². The average molecular weight is 283 g/mol. The fourth-order valence-corrected chi connectivity index (χ4v) is 1.54. The molecule has 2 rings (SSSR count). The van der Waals surface area contributed by atoms with Crippen molar-refractivity contribution >= 4 is 17.9 Å². The summed E-state index contributed by atoms with van der Waals surface area (Å²) in [4.78, 5) is 15.6. The fourth-order valence-electron chi connectivity index (χ4n) is 1.54. The predicted octanol–water partition coefficient (Wildman–Crippen LogP) is 1.73. The van der Waals surface area contributed by atoms with Crippen LogP contribution in [-0.4, -0.2) is 27.7 Å². The van der Waals surface area contributed by atoms with Crippen LogP contribution in [0.1, 0.15) is 18.1 Å². The molecule has 0 fully saturated rings. The lowest BCUT2D eigenvalue weighted by Gasteiger charge is -1.96. The van der Waals surface area contributed by atoms with Crippen LogP contribution in [0.25, 0.3) is 6.08 Å². The maximum absolute atomic E-state index is 11.7. The van der Waals surface area contributed by atoms with Crippen molar-refractivity contribution in [2.24, 2.45) is 0 Å². The number of hydrogen-bond acceptors (Lipinski definition) is 5. The molecule has 0 bridgehead atoms. The first-order valence-electron chi connectivity index (χ1n) is 6.25. The highest BCUT2D eigenvalue weighted by atomic mass is 16.5. The first-order chi connectivity index (χ1) is 10.2. The highest BCUT2D eigenvalue weighted by Gasteiger charge is 2.05. The summed E-state index contributed by atoms with van der Waals surface area (Å²) in [7, 11) is 0. The Labute approximate surface area is 121 Å². The average Bonchev–Trinajstić information content (AvgIpc) is 2.93. The number of nitrogens with zero attached hydrogens (tertiary/aromatic N) is 3. The second-order valence-corrected chi connectivity index (χ2v) is 3.96. The normalized spacial score (nSPS) is 10.3. The third-order valence-electron chi connectivity index (χ3n) is 2.42. The van der Waals surface area contributed by atoms with E-state index in [1.165, 1.54) is 6.08 Å². The molecule has 21 heavy (non-hydrogen) atoms. The summed E-state index contributed by atoms with van der Waals surface area (Å²) < 4.78 is 5.07. The summed E-state index contributed by atoms with van der Waals surface area (Å²) in [5.41, 5.74) is 1.30. The summed E-state index contributed by atoms with van der Waals surface area (Å²) in [6, 6.07) is 9.15. The van der Waals surface area contributed by atoms with Gasteiger partial charge in [-0.2, -0.15) is 10.2 Å². The number of H-pyrrole nitrogens is 1. The van der Waals surface area contributed by atoms with Crippen molar-refractivity contribution in [1.82, 2.24) is 15.2 Å². The Kier molecular flexibility index (Phi) is 4.66. The van der Waals surface area contributed by atoms with Gasteiger partial charge in [0, 0.05) is 6.08 Å². The van der Waals surface area contributed by atoms with E-state index in [4.69, 9.17) is 10.00 Å². The third-order valence-corrected chi connectivity index (χ3v) is 2.42. The van der Waals surface area contributed by atoms with Crippen molar-refractivity contribution in [1.29, 1.82) is 5.26 Å². The molecule has 1 amide bonds. The number of nitrogens with one attached hydrogen (secondary N) is 2. The molecule has 2 aromatic rings. The maximum atomic E-state index is 11.7. The number of amides is 1. The molecule has 0 spiro atoms. The molecule has 106 valence electrons. The van der Waals surface area contributed by atoms with Crippen LogP contribution in [0.2, 0.25) is 0 Å². The van der Waals surface area contributed by atoms with E-state index in [1.807, 2.05) is 13.0 Å². The zero-order valence-corrected chi connectivity index (χ0v) is 11.3. The quantitative estimate of drug-likeness (QED) is 0.813. The zero-order chi connectivity index (χ0) is 15.1. The SMILES string of the molecule is CCOc1n[nH]c(NC(=O)/C=C/c2cccc(C#N)c2)n1. The molecule has 7 heteroatoms. The number of hydrogen-bond donors (Lipinski definition) is 2. The molecule has 0 saturated carbocycles. The van der Waals surface area contributed by atoms with Gasteiger partial charge < -0.3 is 4.74 Å². The smallest absolute Gasteiger partial charge is 0.337 e. The van der Waals surface area contributed by atoms with Gasteiger partial charge in [-0.05, 0) is 30.7 Å². The van der Waals surface area contributed by atoms with Gasteiger partial charge in [-0.25, -0.2) is 5.10 Å². The second kappa shape index (κ2) is 6.86. The van der Waals surface area contributed by atoms with Crippen molar-refractivity contribution in [3.63, 3.8) is 0 Å². The zero-order valence-electron chi connectivity index (χ0n) is 11.3. The summed E-state index contributed by atoms with van der Waals surface area (Å²) >= 11 is 0. The minimum atomic E-state index is -0.364. The Balaban J connectivity index is 1.97. The van der Waals surface area contributed by atoms with Crippen LogP contribution in [0.5, 0.6) is 6.01 Å². The molecule has 1 aromatic heterocycles. The molecule has 0 aliphatic rings. The van der Waals surface area contributed by atoms with E-state index in [-0.39, 0.29) is 17.9 Å². The lowest BCUT2D eigenvalue weighted by Crippen LogP contribution is -2.09. The molecule has 0 radical (unpaired) electrons. The summed E-state index contributed by atoms with van der Waals surface area (Å²) in [6.45, 7) is 2.26. The Morgan fingerprint density at radius 3 is 3.19 bits per heavy atom. The van der Waals surface area contributed by atoms with E-state index in [0.29, 0.717) is 12.2 Å². The van der Waals surface area contributed by atoms with Gasteiger partial charge in [0.05, 0.1) is 18.2 Å². The van der Waals surface area contributed by atoms with Crippen molar-refractivity contribution < 1.29 is 9.53 Å². The lowest BCUT2D eigenvalue weighted by molar-refractivity contribution is -0.111. The first-order valence-corrected chi connectivity index (χ1v) is 6.25. The molecule has 7 nitrogen and oxygen atoms in total. The Hall–Kier alpha value is -3.14. The molecule has 0 atom stereocenters. The largest absolute Gasteiger partial charge is 0.463 e. The standard InChI is InChI=1S/C14H13N5O2/c1-2-21-14-17-13(18-19-14)16-12(20)7-6-10-4-3-5-11(8-10)9-15/h3-8H,2H2,1H3,(H2,16,17,18,19,20)/b7-6+. The van der Waals surface area contributed by atoms with Gasteiger partial charge in [0.15, 0.2) is 0 Å². The van der Waals surface area contributed by atoms with E-state index in [1.54, 1.807) is 30.3 Å². The minimum absolute atomic E-state index is 0.179. The highest BCUT2D eigenvalue weighted by molar-refractivity contribution is 6.00. The molecule has 0 unspecified atom stereocenters. The Morgan fingerprint density at radius 2 is 2.43 bits per heavy atom. The predicted molar refractivity (Wildman–Crippen MR) is 76.4 cm³/mol. The molecule has 2 N–H and O–H groups in total. The number of benzene rings is 1. The van der Waals surface area contributed by atoms with Gasteiger partial charge in [0.1, 0.15) is 0 Å². The first kappa shape index (κ1) is 14.3. The number of carbonyl (C=O) groups is 1. The van der Waals surface area contributed by atoms with Crippen molar-refractivity contribution in [2.45, 2.75) is 6.92 Å². The highest BCUT2D eigenvalue weighted by Crippen LogP contribution is 2.07.